The van der Waals surface area contributed by atoms with E-state index in [1.165, 1.54) is 0 Å². The lowest BCUT2D eigenvalue weighted by Gasteiger charge is -2.14. The fraction of sp³-hybridized carbons (Fsp3) is 0.333. The molecule has 1 aromatic carbocycles. The summed E-state index contributed by atoms with van der Waals surface area (Å²) in [6, 6.07) is 7.74. The lowest BCUT2D eigenvalue weighted by Crippen LogP contribution is -2.23. The van der Waals surface area contributed by atoms with Crippen LogP contribution in [0.1, 0.15) is 6.92 Å². The largest absolute Gasteiger partial charge is 0.365 e. The molecule has 4 nitrogen and oxygen atoms in total. The first-order chi connectivity index (χ1) is 8.58. The molecule has 0 fully saturated rings. The van der Waals surface area contributed by atoms with Crippen molar-refractivity contribution in [1.82, 2.24) is 10.2 Å². The molecule has 1 aromatic heterocycles. The first kappa shape index (κ1) is 13.2. The first-order valence-corrected chi connectivity index (χ1v) is 7.66. The van der Waals surface area contributed by atoms with Crippen molar-refractivity contribution < 1.29 is 4.21 Å². The molecule has 0 bridgehead atoms. The number of rotatable bonds is 4. The van der Waals surface area contributed by atoms with Crippen molar-refractivity contribution in [2.24, 2.45) is 0 Å². The number of hydrogen-bond donors (Lipinski definition) is 1. The third kappa shape index (κ3) is 2.97. The van der Waals surface area contributed by atoms with Crippen molar-refractivity contribution in [2.75, 3.05) is 17.3 Å². The molecule has 0 radical (unpaired) electrons. The average Bonchev–Trinajstić information content (AvgIpc) is 2.32. The van der Waals surface area contributed by atoms with E-state index in [1.807, 2.05) is 31.2 Å². The summed E-state index contributed by atoms with van der Waals surface area (Å²) in [5.74, 6) is 1.24. The molecule has 0 amide bonds. The summed E-state index contributed by atoms with van der Waals surface area (Å²) in [4.78, 5) is 0. The maximum atomic E-state index is 11.2. The van der Waals surface area contributed by atoms with Gasteiger partial charge >= 0.3 is 0 Å². The normalized spacial score (nSPS) is 14.4. The molecule has 2 unspecified atom stereocenters. The zero-order valence-corrected chi connectivity index (χ0v) is 11.8. The molecule has 2 aromatic rings. The van der Waals surface area contributed by atoms with E-state index in [9.17, 15) is 4.21 Å². The van der Waals surface area contributed by atoms with Gasteiger partial charge < -0.3 is 5.32 Å². The number of halogens is 1. The minimum atomic E-state index is -0.844. The van der Waals surface area contributed by atoms with Gasteiger partial charge in [-0.2, -0.15) is 0 Å². The van der Waals surface area contributed by atoms with Gasteiger partial charge in [0.25, 0.3) is 0 Å². The van der Waals surface area contributed by atoms with Crippen LogP contribution in [-0.2, 0) is 10.8 Å². The molecule has 0 aliphatic carbocycles. The van der Waals surface area contributed by atoms with Gasteiger partial charge in [-0.25, -0.2) is 0 Å². The Hall–Kier alpha value is -1.20. The average molecular weight is 284 g/mol. The van der Waals surface area contributed by atoms with Crippen LogP contribution < -0.4 is 5.32 Å². The van der Waals surface area contributed by atoms with Gasteiger partial charge in [-0.1, -0.05) is 35.9 Å². The molecule has 96 valence electrons. The van der Waals surface area contributed by atoms with E-state index in [-0.39, 0.29) is 6.04 Å². The van der Waals surface area contributed by atoms with Gasteiger partial charge in [0.15, 0.2) is 11.0 Å². The third-order valence-corrected chi connectivity index (χ3v) is 3.76. The quantitative estimate of drug-likeness (QED) is 0.936. The fourth-order valence-corrected chi connectivity index (χ4v) is 2.79. The Labute approximate surface area is 113 Å². The second kappa shape index (κ2) is 5.63. The number of benzene rings is 1. The molecule has 0 aliphatic rings. The van der Waals surface area contributed by atoms with Gasteiger partial charge in [0.05, 0.1) is 0 Å². The molecule has 6 heteroatoms. The first-order valence-electron chi connectivity index (χ1n) is 5.55. The Bertz CT molecular complexity index is 591. The standard InChI is InChI=1S/C12H14ClN3OS/c1-8(7-18(2)17)14-12-10-6-4-3-5-9(10)11(13)15-16-12/h3-6,8H,7H2,1-2H3,(H,14,16). The summed E-state index contributed by atoms with van der Waals surface area (Å²) in [5.41, 5.74) is 0. The van der Waals surface area contributed by atoms with Gasteiger partial charge in [0.1, 0.15) is 0 Å². The summed E-state index contributed by atoms with van der Waals surface area (Å²) < 4.78 is 11.2. The molecule has 0 saturated carbocycles. The minimum absolute atomic E-state index is 0.0646. The Balaban J connectivity index is 2.34. The van der Waals surface area contributed by atoms with E-state index in [0.717, 1.165) is 10.8 Å². The Kier molecular flexibility index (Phi) is 4.14. The van der Waals surface area contributed by atoms with Crippen LogP contribution in [0, 0.1) is 0 Å². The van der Waals surface area contributed by atoms with Crippen LogP contribution in [0.3, 0.4) is 0 Å². The monoisotopic (exact) mass is 283 g/mol. The van der Waals surface area contributed by atoms with Crippen molar-refractivity contribution >= 4 is 39.0 Å². The van der Waals surface area contributed by atoms with Gasteiger partial charge in [0, 0.05) is 39.6 Å². The van der Waals surface area contributed by atoms with E-state index in [1.54, 1.807) is 6.26 Å². The van der Waals surface area contributed by atoms with Crippen LogP contribution in [0.25, 0.3) is 10.8 Å². The zero-order chi connectivity index (χ0) is 13.1. The molecule has 2 atom stereocenters. The summed E-state index contributed by atoms with van der Waals surface area (Å²) in [6.45, 7) is 1.96. The molecule has 1 heterocycles. The van der Waals surface area contributed by atoms with Gasteiger partial charge in [-0.15, -0.1) is 10.2 Å². The van der Waals surface area contributed by atoms with Crippen molar-refractivity contribution in [3.63, 3.8) is 0 Å². The summed E-state index contributed by atoms with van der Waals surface area (Å²) in [6.07, 6.45) is 1.68. The number of nitrogens with zero attached hydrogens (tertiary/aromatic N) is 2. The fourth-order valence-electron chi connectivity index (χ4n) is 1.80. The molecule has 1 N–H and O–H groups in total. The highest BCUT2D eigenvalue weighted by Crippen LogP contribution is 2.25. The van der Waals surface area contributed by atoms with Crippen molar-refractivity contribution in [3.8, 4) is 0 Å². The van der Waals surface area contributed by atoms with Crippen LogP contribution in [0.4, 0.5) is 5.82 Å². The highest BCUT2D eigenvalue weighted by Gasteiger charge is 2.10. The number of nitrogens with one attached hydrogen (secondary N) is 1. The smallest absolute Gasteiger partial charge is 0.159 e. The van der Waals surface area contributed by atoms with Gasteiger partial charge in [-0.05, 0) is 6.92 Å². The van der Waals surface area contributed by atoms with Crippen LogP contribution >= 0.6 is 11.6 Å². The molecule has 0 spiro atoms. The Morgan fingerprint density at radius 2 is 2.00 bits per heavy atom. The van der Waals surface area contributed by atoms with Crippen LogP contribution in [0.5, 0.6) is 0 Å². The third-order valence-electron chi connectivity index (χ3n) is 2.51. The lowest BCUT2D eigenvalue weighted by molar-refractivity contribution is 0.682. The second-order valence-electron chi connectivity index (χ2n) is 4.17. The topological polar surface area (TPSA) is 54.9 Å². The minimum Gasteiger partial charge on any atom is -0.365 e. The lowest BCUT2D eigenvalue weighted by atomic mass is 10.2. The van der Waals surface area contributed by atoms with E-state index < -0.39 is 10.8 Å². The highest BCUT2D eigenvalue weighted by atomic mass is 35.5. The number of fused-ring (bicyclic) bond motifs is 1. The summed E-state index contributed by atoms with van der Waals surface area (Å²) >= 11 is 6.00. The van der Waals surface area contributed by atoms with Crippen molar-refractivity contribution in [3.05, 3.63) is 29.4 Å². The molecule has 0 saturated heterocycles. The maximum absolute atomic E-state index is 11.2. The number of aromatic nitrogens is 2. The molecule has 2 rings (SSSR count). The SMILES string of the molecule is CC(CS(C)=O)Nc1nnc(Cl)c2ccccc12. The van der Waals surface area contributed by atoms with Gasteiger partial charge in [-0.3, -0.25) is 4.21 Å². The van der Waals surface area contributed by atoms with Gasteiger partial charge in [0.2, 0.25) is 0 Å². The zero-order valence-electron chi connectivity index (χ0n) is 10.2. The Morgan fingerprint density at radius 1 is 1.33 bits per heavy atom. The molecule has 18 heavy (non-hydrogen) atoms. The molecular formula is C12H14ClN3OS. The maximum Gasteiger partial charge on any atom is 0.159 e. The van der Waals surface area contributed by atoms with E-state index in [0.29, 0.717) is 16.7 Å². The van der Waals surface area contributed by atoms with Crippen LogP contribution in [0.15, 0.2) is 24.3 Å². The number of anilines is 1. The summed E-state index contributed by atoms with van der Waals surface area (Å²) in [7, 11) is -0.844. The second-order valence-corrected chi connectivity index (χ2v) is 6.01. The van der Waals surface area contributed by atoms with Crippen molar-refractivity contribution in [1.29, 1.82) is 0 Å². The number of hydrogen-bond acceptors (Lipinski definition) is 4. The molecule has 0 aliphatic heterocycles. The highest BCUT2D eigenvalue weighted by molar-refractivity contribution is 7.84. The van der Waals surface area contributed by atoms with E-state index >= 15 is 0 Å². The summed E-state index contributed by atoms with van der Waals surface area (Å²) in [5, 5.41) is 13.4. The van der Waals surface area contributed by atoms with Crippen LogP contribution in [-0.4, -0.2) is 32.5 Å². The predicted molar refractivity (Wildman–Crippen MR) is 76.6 cm³/mol. The van der Waals surface area contributed by atoms with Crippen molar-refractivity contribution in [2.45, 2.75) is 13.0 Å². The predicted octanol–water partition coefficient (Wildman–Crippen LogP) is 2.46. The molecular weight excluding hydrogens is 270 g/mol. The Morgan fingerprint density at radius 3 is 2.67 bits per heavy atom. The van der Waals surface area contributed by atoms with E-state index in [4.69, 9.17) is 11.6 Å². The van der Waals surface area contributed by atoms with E-state index in [2.05, 4.69) is 15.5 Å². The van der Waals surface area contributed by atoms with Crippen LogP contribution in [0.2, 0.25) is 5.15 Å².